The van der Waals surface area contributed by atoms with Gasteiger partial charge in [0.05, 0.1) is 24.0 Å². The summed E-state index contributed by atoms with van der Waals surface area (Å²) in [6.45, 7) is 3.84. The zero-order chi connectivity index (χ0) is 22.6. The highest BCUT2D eigenvalue weighted by atomic mass is 35.5. The second kappa shape index (κ2) is 10.3. The molecule has 2 saturated heterocycles. The van der Waals surface area contributed by atoms with Crippen molar-refractivity contribution >= 4 is 33.2 Å². The standard InChI is InChI=1S/C23H28ClN3O4S/c24-22-6-2-1-4-18(22)16-26-11-3-5-19(17-26)23(28)25-20-7-9-21(10-8-20)32(29,30)27-12-14-31-15-13-27/h1-2,4,6-10,19H,3,5,11-17H2,(H,25,28). The first kappa shape index (κ1) is 23.2. The highest BCUT2D eigenvalue weighted by Gasteiger charge is 2.28. The number of benzene rings is 2. The van der Waals surface area contributed by atoms with Crippen LogP contribution in [0.2, 0.25) is 5.02 Å². The van der Waals surface area contributed by atoms with E-state index in [0.29, 0.717) is 38.5 Å². The van der Waals surface area contributed by atoms with Crippen molar-refractivity contribution in [3.63, 3.8) is 0 Å². The summed E-state index contributed by atoms with van der Waals surface area (Å²) in [5.74, 6) is -0.166. The molecule has 0 spiro atoms. The van der Waals surface area contributed by atoms with Crippen molar-refractivity contribution in [3.8, 4) is 0 Å². The minimum absolute atomic E-state index is 0.0438. The highest BCUT2D eigenvalue weighted by molar-refractivity contribution is 7.89. The molecule has 2 fully saturated rings. The first-order valence-electron chi connectivity index (χ1n) is 10.9. The van der Waals surface area contributed by atoms with E-state index in [2.05, 4.69) is 10.2 Å². The molecular formula is C23H28ClN3O4S. The molecule has 32 heavy (non-hydrogen) atoms. The van der Waals surface area contributed by atoms with Gasteiger partial charge in [0.15, 0.2) is 0 Å². The summed E-state index contributed by atoms with van der Waals surface area (Å²) in [5, 5.41) is 3.69. The molecule has 2 heterocycles. The van der Waals surface area contributed by atoms with Gasteiger partial charge in [0.2, 0.25) is 15.9 Å². The Morgan fingerprint density at radius 2 is 1.78 bits per heavy atom. The number of nitrogens with zero attached hydrogens (tertiary/aromatic N) is 2. The van der Waals surface area contributed by atoms with E-state index in [1.54, 1.807) is 24.3 Å². The quantitative estimate of drug-likeness (QED) is 0.691. The molecule has 172 valence electrons. The fourth-order valence-electron chi connectivity index (χ4n) is 4.17. The second-order valence-corrected chi connectivity index (χ2v) is 10.5. The first-order chi connectivity index (χ1) is 15.4. The average Bonchev–Trinajstić information content (AvgIpc) is 2.82. The lowest BCUT2D eigenvalue weighted by Crippen LogP contribution is -2.40. The van der Waals surface area contributed by atoms with Gasteiger partial charge >= 0.3 is 0 Å². The molecule has 9 heteroatoms. The number of carbonyl (C=O) groups is 1. The molecule has 0 aromatic heterocycles. The number of hydrogen-bond donors (Lipinski definition) is 1. The Bertz CT molecular complexity index is 1040. The molecule has 1 N–H and O–H groups in total. The molecule has 1 atom stereocenters. The topological polar surface area (TPSA) is 79.0 Å². The van der Waals surface area contributed by atoms with Crippen molar-refractivity contribution in [2.75, 3.05) is 44.7 Å². The zero-order valence-corrected chi connectivity index (χ0v) is 19.4. The first-order valence-corrected chi connectivity index (χ1v) is 12.7. The van der Waals surface area contributed by atoms with Gasteiger partial charge in [-0.05, 0) is 55.3 Å². The number of ether oxygens (including phenoxy) is 1. The molecular weight excluding hydrogens is 450 g/mol. The predicted molar refractivity (Wildman–Crippen MR) is 124 cm³/mol. The highest BCUT2D eigenvalue weighted by Crippen LogP contribution is 2.24. The van der Waals surface area contributed by atoms with Crippen LogP contribution in [0.15, 0.2) is 53.4 Å². The van der Waals surface area contributed by atoms with Gasteiger partial charge in [0.25, 0.3) is 0 Å². The Morgan fingerprint density at radius 3 is 2.50 bits per heavy atom. The lowest BCUT2D eigenvalue weighted by Gasteiger charge is -2.32. The number of nitrogens with one attached hydrogen (secondary N) is 1. The van der Waals surface area contributed by atoms with Crippen LogP contribution in [0.3, 0.4) is 0 Å². The van der Waals surface area contributed by atoms with Gasteiger partial charge in [-0.15, -0.1) is 0 Å². The smallest absolute Gasteiger partial charge is 0.243 e. The van der Waals surface area contributed by atoms with E-state index in [1.807, 2.05) is 24.3 Å². The summed E-state index contributed by atoms with van der Waals surface area (Å²) in [4.78, 5) is 15.3. The largest absolute Gasteiger partial charge is 0.379 e. The van der Waals surface area contributed by atoms with Crippen LogP contribution in [-0.2, 0) is 26.1 Å². The normalized spacial score (nSPS) is 20.7. The SMILES string of the molecule is O=C(Nc1ccc(S(=O)(=O)N2CCOCC2)cc1)C1CCCN(Cc2ccccc2Cl)C1. The maximum atomic E-state index is 12.9. The number of amides is 1. The molecule has 0 radical (unpaired) electrons. The number of morpholine rings is 1. The number of piperidine rings is 1. The molecule has 0 bridgehead atoms. The number of carbonyl (C=O) groups excluding carboxylic acids is 1. The third-order valence-corrected chi connectivity index (χ3v) is 8.24. The lowest BCUT2D eigenvalue weighted by molar-refractivity contribution is -0.121. The molecule has 1 unspecified atom stereocenters. The molecule has 7 nitrogen and oxygen atoms in total. The van der Waals surface area contributed by atoms with E-state index in [0.717, 1.165) is 36.5 Å². The third-order valence-electron chi connectivity index (χ3n) is 5.96. The summed E-state index contributed by atoms with van der Waals surface area (Å²) in [6, 6.07) is 14.2. The molecule has 0 aliphatic carbocycles. The monoisotopic (exact) mass is 477 g/mol. The van der Waals surface area contributed by atoms with Crippen LogP contribution in [0.25, 0.3) is 0 Å². The lowest BCUT2D eigenvalue weighted by atomic mass is 9.96. The van der Waals surface area contributed by atoms with Gasteiger partial charge in [-0.25, -0.2) is 8.42 Å². The van der Waals surface area contributed by atoms with Crippen LogP contribution in [0.4, 0.5) is 5.69 Å². The van der Waals surface area contributed by atoms with Crippen LogP contribution in [0.5, 0.6) is 0 Å². The van der Waals surface area contributed by atoms with Crippen LogP contribution in [0.1, 0.15) is 18.4 Å². The maximum absolute atomic E-state index is 12.9. The number of anilines is 1. The molecule has 2 aliphatic heterocycles. The van der Waals surface area contributed by atoms with Gasteiger partial charge in [-0.2, -0.15) is 4.31 Å². The number of rotatable bonds is 6. The van der Waals surface area contributed by atoms with Gasteiger partial charge < -0.3 is 10.1 Å². The van der Waals surface area contributed by atoms with Gasteiger partial charge in [0.1, 0.15) is 0 Å². The van der Waals surface area contributed by atoms with Crippen LogP contribution >= 0.6 is 11.6 Å². The minimum Gasteiger partial charge on any atom is -0.379 e. The Hall–Kier alpha value is -1.97. The molecule has 1 amide bonds. The third kappa shape index (κ3) is 5.50. The zero-order valence-electron chi connectivity index (χ0n) is 17.9. The van der Waals surface area contributed by atoms with Crippen molar-refractivity contribution in [1.29, 1.82) is 0 Å². The molecule has 2 aromatic carbocycles. The van der Waals surface area contributed by atoms with Crippen molar-refractivity contribution in [2.24, 2.45) is 5.92 Å². The number of hydrogen-bond acceptors (Lipinski definition) is 5. The summed E-state index contributed by atoms with van der Waals surface area (Å²) >= 11 is 6.29. The van der Waals surface area contributed by atoms with Crippen LogP contribution < -0.4 is 5.32 Å². The van der Waals surface area contributed by atoms with Crippen molar-refractivity contribution in [2.45, 2.75) is 24.3 Å². The fraction of sp³-hybridized carbons (Fsp3) is 0.435. The van der Waals surface area contributed by atoms with E-state index in [-0.39, 0.29) is 16.7 Å². The van der Waals surface area contributed by atoms with Crippen molar-refractivity contribution < 1.29 is 17.9 Å². The Morgan fingerprint density at radius 1 is 1.06 bits per heavy atom. The van der Waals surface area contributed by atoms with Crippen molar-refractivity contribution in [1.82, 2.24) is 9.21 Å². The van der Waals surface area contributed by atoms with E-state index in [1.165, 1.54) is 4.31 Å². The predicted octanol–water partition coefficient (Wildman–Crippen LogP) is 3.21. The maximum Gasteiger partial charge on any atom is 0.243 e. The van der Waals surface area contributed by atoms with Gasteiger partial charge in [-0.3, -0.25) is 9.69 Å². The summed E-state index contributed by atoms with van der Waals surface area (Å²) in [7, 11) is -3.55. The summed E-state index contributed by atoms with van der Waals surface area (Å²) in [6.07, 6.45) is 1.77. The molecule has 2 aliphatic rings. The van der Waals surface area contributed by atoms with Gasteiger partial charge in [0, 0.05) is 36.9 Å². The number of halogens is 1. The Balaban J connectivity index is 1.35. The van der Waals surface area contributed by atoms with E-state index in [4.69, 9.17) is 16.3 Å². The number of sulfonamides is 1. The average molecular weight is 478 g/mol. The van der Waals surface area contributed by atoms with E-state index in [9.17, 15) is 13.2 Å². The van der Waals surface area contributed by atoms with Crippen molar-refractivity contribution in [3.05, 3.63) is 59.1 Å². The second-order valence-electron chi connectivity index (χ2n) is 8.20. The van der Waals surface area contributed by atoms with E-state index >= 15 is 0 Å². The van der Waals surface area contributed by atoms with E-state index < -0.39 is 10.0 Å². The fourth-order valence-corrected chi connectivity index (χ4v) is 5.77. The molecule has 0 saturated carbocycles. The van der Waals surface area contributed by atoms with Gasteiger partial charge in [-0.1, -0.05) is 29.8 Å². The molecule has 4 rings (SSSR count). The number of likely N-dealkylation sites (tertiary alicyclic amines) is 1. The van der Waals surface area contributed by atoms with Crippen LogP contribution in [0, 0.1) is 5.92 Å². The Kier molecular flexibility index (Phi) is 7.48. The van der Waals surface area contributed by atoms with Crippen LogP contribution in [-0.4, -0.2) is 62.9 Å². The molecule has 2 aromatic rings. The summed E-state index contributed by atoms with van der Waals surface area (Å²) < 4.78 is 32.2. The minimum atomic E-state index is -3.55. The Labute approximate surface area is 194 Å². The summed E-state index contributed by atoms with van der Waals surface area (Å²) in [5.41, 5.74) is 1.66.